The minimum Gasteiger partial charge on any atom is -0.303 e. The van der Waals surface area contributed by atoms with E-state index < -0.39 is 6.17 Å². The lowest BCUT2D eigenvalue weighted by Crippen LogP contribution is -2.12. The van der Waals surface area contributed by atoms with Crippen LogP contribution in [0.3, 0.4) is 0 Å². The van der Waals surface area contributed by atoms with Gasteiger partial charge in [-0.15, -0.1) is 0 Å². The molecule has 1 fully saturated rings. The van der Waals surface area contributed by atoms with E-state index in [0.29, 0.717) is 6.29 Å². The third-order valence-electron chi connectivity index (χ3n) is 2.23. The molecule has 0 amide bonds. The van der Waals surface area contributed by atoms with Crippen LogP contribution in [0.5, 0.6) is 0 Å². The van der Waals surface area contributed by atoms with Crippen LogP contribution >= 0.6 is 0 Å². The largest absolute Gasteiger partial charge is 0.303 e. The number of carbonyl (C=O) groups excluding carboxylic acids is 1. The number of carbonyl (C=O) groups is 1. The Morgan fingerprint density at radius 2 is 2.10 bits per heavy atom. The summed E-state index contributed by atoms with van der Waals surface area (Å²) in [5.41, 5.74) is 0. The molecule has 0 aromatic heterocycles. The van der Waals surface area contributed by atoms with E-state index in [-0.39, 0.29) is 12.3 Å². The summed E-state index contributed by atoms with van der Waals surface area (Å²) in [7, 11) is 0. The summed E-state index contributed by atoms with van der Waals surface area (Å²) in [6.07, 6.45) is 4.17. The van der Waals surface area contributed by atoms with Gasteiger partial charge in [0.1, 0.15) is 12.5 Å². The molecule has 0 aliphatic heterocycles. The van der Waals surface area contributed by atoms with Gasteiger partial charge in [0.25, 0.3) is 0 Å². The van der Waals surface area contributed by atoms with Gasteiger partial charge in [0.15, 0.2) is 0 Å². The van der Waals surface area contributed by atoms with Crippen LogP contribution < -0.4 is 0 Å². The molecule has 2 heteroatoms. The maximum Gasteiger partial charge on any atom is 0.122 e. The Kier molecular flexibility index (Phi) is 2.84. The Hall–Kier alpha value is -0.400. The van der Waals surface area contributed by atoms with Gasteiger partial charge in [0.05, 0.1) is 0 Å². The third-order valence-corrected chi connectivity index (χ3v) is 2.23. The standard InChI is InChI=1S/C8H13FO/c9-8(5-6-10)7-3-1-2-4-7/h6-8H,1-5H2. The lowest BCUT2D eigenvalue weighted by molar-refractivity contribution is -0.109. The van der Waals surface area contributed by atoms with Crippen molar-refractivity contribution in [1.29, 1.82) is 0 Å². The smallest absolute Gasteiger partial charge is 0.122 e. The van der Waals surface area contributed by atoms with Gasteiger partial charge >= 0.3 is 0 Å². The second-order valence-corrected chi connectivity index (χ2v) is 2.96. The Morgan fingerprint density at radius 1 is 1.50 bits per heavy atom. The second kappa shape index (κ2) is 3.69. The molecule has 0 radical (unpaired) electrons. The van der Waals surface area contributed by atoms with Crippen molar-refractivity contribution in [3.05, 3.63) is 0 Å². The predicted octanol–water partition coefficient (Wildman–Crippen LogP) is 2.10. The van der Waals surface area contributed by atoms with Crippen LogP contribution in [0, 0.1) is 5.92 Å². The van der Waals surface area contributed by atoms with Gasteiger partial charge < -0.3 is 4.79 Å². The fourth-order valence-electron chi connectivity index (χ4n) is 1.60. The van der Waals surface area contributed by atoms with E-state index in [1.54, 1.807) is 0 Å². The average Bonchev–Trinajstić information content (AvgIpc) is 2.38. The van der Waals surface area contributed by atoms with Crippen LogP contribution in [0.2, 0.25) is 0 Å². The summed E-state index contributed by atoms with van der Waals surface area (Å²) < 4.78 is 12.9. The molecule has 0 N–H and O–H groups in total. The second-order valence-electron chi connectivity index (χ2n) is 2.96. The molecule has 1 atom stereocenters. The van der Waals surface area contributed by atoms with Crippen molar-refractivity contribution >= 4 is 6.29 Å². The van der Waals surface area contributed by atoms with Crippen LogP contribution in [-0.2, 0) is 4.79 Å². The van der Waals surface area contributed by atoms with Crippen LogP contribution in [0.25, 0.3) is 0 Å². The van der Waals surface area contributed by atoms with Crippen molar-refractivity contribution in [1.82, 2.24) is 0 Å². The minimum absolute atomic E-state index is 0.102. The maximum atomic E-state index is 12.9. The lowest BCUT2D eigenvalue weighted by Gasteiger charge is -2.10. The van der Waals surface area contributed by atoms with Crippen molar-refractivity contribution in [3.8, 4) is 0 Å². The SMILES string of the molecule is O=CCC(F)C1CCCC1. The summed E-state index contributed by atoms with van der Waals surface area (Å²) in [5.74, 6) is 0.185. The molecular weight excluding hydrogens is 131 g/mol. The fraction of sp³-hybridized carbons (Fsp3) is 0.875. The van der Waals surface area contributed by atoms with E-state index in [1.807, 2.05) is 0 Å². The number of alkyl halides is 1. The summed E-state index contributed by atoms with van der Waals surface area (Å²) in [6.45, 7) is 0. The van der Waals surface area contributed by atoms with Gasteiger partial charge in [-0.3, -0.25) is 0 Å². The zero-order valence-corrected chi connectivity index (χ0v) is 6.05. The Balaban J connectivity index is 2.24. The van der Waals surface area contributed by atoms with Crippen LogP contribution in [0.1, 0.15) is 32.1 Å². The molecule has 1 aliphatic rings. The molecule has 1 saturated carbocycles. The van der Waals surface area contributed by atoms with Crippen molar-refractivity contribution < 1.29 is 9.18 Å². The van der Waals surface area contributed by atoms with Crippen LogP contribution in [-0.4, -0.2) is 12.5 Å². The normalized spacial score (nSPS) is 22.9. The van der Waals surface area contributed by atoms with Gasteiger partial charge in [-0.25, -0.2) is 4.39 Å². The van der Waals surface area contributed by atoms with Crippen molar-refractivity contribution in [2.45, 2.75) is 38.3 Å². The molecule has 58 valence electrons. The molecule has 1 aliphatic carbocycles. The highest BCUT2D eigenvalue weighted by Gasteiger charge is 2.23. The molecule has 0 bridgehead atoms. The fourth-order valence-corrected chi connectivity index (χ4v) is 1.60. The molecular formula is C8H13FO. The van der Waals surface area contributed by atoms with E-state index in [1.165, 1.54) is 0 Å². The maximum absolute atomic E-state index is 12.9. The summed E-state index contributed by atoms with van der Waals surface area (Å²) in [5, 5.41) is 0. The van der Waals surface area contributed by atoms with Gasteiger partial charge in [0.2, 0.25) is 0 Å². The van der Waals surface area contributed by atoms with Crippen LogP contribution in [0.15, 0.2) is 0 Å². The van der Waals surface area contributed by atoms with E-state index >= 15 is 0 Å². The van der Waals surface area contributed by atoms with Crippen molar-refractivity contribution in [3.63, 3.8) is 0 Å². The van der Waals surface area contributed by atoms with Crippen molar-refractivity contribution in [2.75, 3.05) is 0 Å². The first-order valence-electron chi connectivity index (χ1n) is 3.92. The van der Waals surface area contributed by atoms with Gasteiger partial charge in [0, 0.05) is 6.42 Å². The Morgan fingerprint density at radius 3 is 2.60 bits per heavy atom. The summed E-state index contributed by atoms with van der Waals surface area (Å²) >= 11 is 0. The zero-order chi connectivity index (χ0) is 7.40. The molecule has 0 aromatic rings. The van der Waals surface area contributed by atoms with Crippen LogP contribution in [0.4, 0.5) is 4.39 Å². The molecule has 1 unspecified atom stereocenters. The van der Waals surface area contributed by atoms with E-state index in [4.69, 9.17) is 0 Å². The first kappa shape index (κ1) is 7.70. The minimum atomic E-state index is -0.861. The molecule has 0 heterocycles. The third kappa shape index (κ3) is 1.79. The summed E-state index contributed by atoms with van der Waals surface area (Å²) in [4.78, 5) is 9.93. The average molecular weight is 144 g/mol. The highest BCUT2D eigenvalue weighted by Crippen LogP contribution is 2.30. The number of hydrogen-bond acceptors (Lipinski definition) is 1. The Bertz CT molecular complexity index is 108. The van der Waals surface area contributed by atoms with Gasteiger partial charge in [-0.2, -0.15) is 0 Å². The van der Waals surface area contributed by atoms with Gasteiger partial charge in [-0.05, 0) is 18.8 Å². The first-order valence-corrected chi connectivity index (χ1v) is 3.92. The van der Waals surface area contributed by atoms with Crippen molar-refractivity contribution in [2.24, 2.45) is 5.92 Å². The van der Waals surface area contributed by atoms with E-state index in [9.17, 15) is 9.18 Å². The quantitative estimate of drug-likeness (QED) is 0.554. The molecule has 0 saturated heterocycles. The van der Waals surface area contributed by atoms with Gasteiger partial charge in [-0.1, -0.05) is 12.8 Å². The lowest BCUT2D eigenvalue weighted by atomic mass is 10.0. The number of aldehydes is 1. The number of hydrogen-bond donors (Lipinski definition) is 0. The zero-order valence-electron chi connectivity index (χ0n) is 6.05. The van der Waals surface area contributed by atoms with E-state index in [0.717, 1.165) is 25.7 Å². The number of halogens is 1. The molecule has 0 aromatic carbocycles. The van der Waals surface area contributed by atoms with E-state index in [2.05, 4.69) is 0 Å². The predicted molar refractivity (Wildman–Crippen MR) is 37.5 cm³/mol. The highest BCUT2D eigenvalue weighted by atomic mass is 19.1. The topological polar surface area (TPSA) is 17.1 Å². The first-order chi connectivity index (χ1) is 4.84. The molecule has 1 nitrogen and oxygen atoms in total. The number of rotatable bonds is 3. The molecule has 10 heavy (non-hydrogen) atoms. The highest BCUT2D eigenvalue weighted by molar-refractivity contribution is 5.50. The molecule has 0 spiro atoms. The summed E-state index contributed by atoms with van der Waals surface area (Å²) in [6, 6.07) is 0. The molecule has 1 rings (SSSR count). The monoisotopic (exact) mass is 144 g/mol. The Labute approximate surface area is 60.6 Å².